The first-order valence-electron chi connectivity index (χ1n) is 7.06. The number of esters is 1. The van der Waals surface area contributed by atoms with E-state index >= 15 is 0 Å². The third-order valence-electron chi connectivity index (χ3n) is 3.31. The van der Waals surface area contributed by atoms with Crippen molar-refractivity contribution in [3.8, 4) is 0 Å². The molecule has 0 saturated carbocycles. The molecule has 1 aliphatic heterocycles. The number of nitrogens with one attached hydrogen (secondary N) is 1. The largest absolute Gasteiger partial charge is 0.460 e. The standard InChI is InChI=1S/C16H20FNO3/c1-16(2,3)21-13(19)9-11-8-7-10-5-4-6-12(17)14(10)18-15(11)20/h4-6,11H,7-9H2,1-3H3,(H,18,20)/t11-/m1/s1. The number of hydrogen-bond acceptors (Lipinski definition) is 3. The Morgan fingerprint density at radius 3 is 2.81 bits per heavy atom. The van der Waals surface area contributed by atoms with Crippen LogP contribution in [0.5, 0.6) is 0 Å². The number of amides is 1. The molecule has 1 amide bonds. The van der Waals surface area contributed by atoms with Crippen LogP contribution in [0.25, 0.3) is 0 Å². The Labute approximate surface area is 123 Å². The Kier molecular flexibility index (Phi) is 4.30. The number of anilines is 1. The van der Waals surface area contributed by atoms with E-state index in [1.54, 1.807) is 32.9 Å². The zero-order chi connectivity index (χ0) is 15.6. The van der Waals surface area contributed by atoms with E-state index in [0.717, 1.165) is 5.56 Å². The van der Waals surface area contributed by atoms with Crippen molar-refractivity contribution in [3.05, 3.63) is 29.6 Å². The summed E-state index contributed by atoms with van der Waals surface area (Å²) in [6.07, 6.45) is 1.07. The van der Waals surface area contributed by atoms with Gasteiger partial charge in [-0.15, -0.1) is 0 Å². The van der Waals surface area contributed by atoms with Gasteiger partial charge < -0.3 is 10.1 Å². The van der Waals surface area contributed by atoms with Crippen molar-refractivity contribution in [1.82, 2.24) is 0 Å². The molecule has 0 fully saturated rings. The van der Waals surface area contributed by atoms with Gasteiger partial charge in [0.05, 0.1) is 12.1 Å². The molecule has 1 atom stereocenters. The lowest BCUT2D eigenvalue weighted by atomic mass is 9.97. The first kappa shape index (κ1) is 15.5. The fourth-order valence-corrected chi connectivity index (χ4v) is 2.38. The number of fused-ring (bicyclic) bond motifs is 1. The molecule has 4 nitrogen and oxygen atoms in total. The maximum absolute atomic E-state index is 13.7. The number of carbonyl (C=O) groups is 2. The van der Waals surface area contributed by atoms with Crippen LogP contribution in [-0.2, 0) is 20.7 Å². The summed E-state index contributed by atoms with van der Waals surface area (Å²) < 4.78 is 19.0. The summed E-state index contributed by atoms with van der Waals surface area (Å²) in [6, 6.07) is 4.72. The molecule has 1 heterocycles. The van der Waals surface area contributed by atoms with Gasteiger partial charge in [-0.2, -0.15) is 0 Å². The Bertz CT molecular complexity index is 563. The molecular weight excluding hydrogens is 273 g/mol. The number of para-hydroxylation sites is 1. The average Bonchev–Trinajstić information content (AvgIpc) is 2.49. The van der Waals surface area contributed by atoms with Gasteiger partial charge in [0, 0.05) is 5.92 Å². The molecule has 0 aromatic heterocycles. The molecule has 1 aromatic carbocycles. The zero-order valence-electron chi connectivity index (χ0n) is 12.5. The van der Waals surface area contributed by atoms with Crippen LogP contribution < -0.4 is 5.32 Å². The molecule has 0 saturated heterocycles. The lowest BCUT2D eigenvalue weighted by Crippen LogP contribution is -2.29. The van der Waals surface area contributed by atoms with Crippen molar-refractivity contribution < 1.29 is 18.7 Å². The summed E-state index contributed by atoms with van der Waals surface area (Å²) in [5.41, 5.74) is 0.414. The summed E-state index contributed by atoms with van der Waals surface area (Å²) in [7, 11) is 0. The summed E-state index contributed by atoms with van der Waals surface area (Å²) >= 11 is 0. The highest BCUT2D eigenvalue weighted by atomic mass is 19.1. The number of carbonyl (C=O) groups excluding carboxylic acids is 2. The number of aryl methyl sites for hydroxylation is 1. The van der Waals surface area contributed by atoms with Crippen molar-refractivity contribution in [1.29, 1.82) is 0 Å². The maximum atomic E-state index is 13.7. The van der Waals surface area contributed by atoms with E-state index in [-0.39, 0.29) is 18.0 Å². The Hall–Kier alpha value is -1.91. The second kappa shape index (κ2) is 5.84. The van der Waals surface area contributed by atoms with Gasteiger partial charge in [0.1, 0.15) is 11.4 Å². The fraction of sp³-hybridized carbons (Fsp3) is 0.500. The third kappa shape index (κ3) is 4.03. The highest BCUT2D eigenvalue weighted by molar-refractivity contribution is 5.96. The van der Waals surface area contributed by atoms with E-state index in [9.17, 15) is 14.0 Å². The Balaban J connectivity index is 2.07. The normalized spacial score (nSPS) is 18.5. The number of rotatable bonds is 2. The topological polar surface area (TPSA) is 55.4 Å². The molecule has 0 unspecified atom stereocenters. The number of hydrogen-bond donors (Lipinski definition) is 1. The molecule has 1 aliphatic rings. The van der Waals surface area contributed by atoms with Crippen LogP contribution in [0.15, 0.2) is 18.2 Å². The average molecular weight is 293 g/mol. The van der Waals surface area contributed by atoms with Crippen LogP contribution in [0, 0.1) is 11.7 Å². The van der Waals surface area contributed by atoms with Crippen LogP contribution >= 0.6 is 0 Å². The highest BCUT2D eigenvalue weighted by Gasteiger charge is 2.29. The van der Waals surface area contributed by atoms with Crippen molar-refractivity contribution in [2.75, 3.05) is 5.32 Å². The fourth-order valence-electron chi connectivity index (χ4n) is 2.38. The van der Waals surface area contributed by atoms with Gasteiger partial charge in [-0.25, -0.2) is 4.39 Å². The Morgan fingerprint density at radius 1 is 1.43 bits per heavy atom. The summed E-state index contributed by atoms with van der Waals surface area (Å²) in [6.45, 7) is 5.34. The van der Waals surface area contributed by atoms with Gasteiger partial charge in [0.2, 0.25) is 5.91 Å². The number of benzene rings is 1. The second-order valence-electron chi connectivity index (χ2n) is 6.29. The SMILES string of the molecule is CC(C)(C)OC(=O)C[C@H]1CCc2cccc(F)c2NC1=O. The molecule has 0 spiro atoms. The molecule has 1 N–H and O–H groups in total. The van der Waals surface area contributed by atoms with Crippen molar-refractivity contribution in [2.24, 2.45) is 5.92 Å². The molecule has 0 bridgehead atoms. The monoisotopic (exact) mass is 293 g/mol. The molecule has 5 heteroatoms. The van der Waals surface area contributed by atoms with Gasteiger partial charge in [-0.05, 0) is 45.2 Å². The van der Waals surface area contributed by atoms with Crippen LogP contribution in [-0.4, -0.2) is 17.5 Å². The molecule has 2 rings (SSSR count). The predicted molar refractivity (Wildman–Crippen MR) is 77.3 cm³/mol. The second-order valence-corrected chi connectivity index (χ2v) is 6.29. The zero-order valence-corrected chi connectivity index (χ0v) is 12.5. The van der Waals surface area contributed by atoms with Crippen molar-refractivity contribution in [3.63, 3.8) is 0 Å². The van der Waals surface area contributed by atoms with Gasteiger partial charge in [-0.1, -0.05) is 12.1 Å². The van der Waals surface area contributed by atoms with Crippen molar-refractivity contribution in [2.45, 2.75) is 45.6 Å². The Morgan fingerprint density at radius 2 is 2.14 bits per heavy atom. The first-order valence-corrected chi connectivity index (χ1v) is 7.06. The maximum Gasteiger partial charge on any atom is 0.307 e. The number of ether oxygens (including phenoxy) is 1. The lowest BCUT2D eigenvalue weighted by molar-refractivity contribution is -0.157. The lowest BCUT2D eigenvalue weighted by Gasteiger charge is -2.21. The third-order valence-corrected chi connectivity index (χ3v) is 3.31. The minimum Gasteiger partial charge on any atom is -0.460 e. The van der Waals surface area contributed by atoms with E-state index in [4.69, 9.17) is 4.74 Å². The van der Waals surface area contributed by atoms with Crippen LogP contribution in [0.4, 0.5) is 10.1 Å². The van der Waals surface area contributed by atoms with Gasteiger partial charge >= 0.3 is 5.97 Å². The molecule has 0 radical (unpaired) electrons. The van der Waals surface area contributed by atoms with Gasteiger partial charge in [0.25, 0.3) is 0 Å². The number of halogens is 1. The first-order chi connectivity index (χ1) is 9.76. The minimum absolute atomic E-state index is 0.0126. The molecule has 21 heavy (non-hydrogen) atoms. The predicted octanol–water partition coefficient (Wildman–Crippen LogP) is 3.06. The van der Waals surface area contributed by atoms with Crippen LogP contribution in [0.1, 0.15) is 39.2 Å². The summed E-state index contributed by atoms with van der Waals surface area (Å²) in [5.74, 6) is -1.68. The van der Waals surface area contributed by atoms with E-state index < -0.39 is 23.3 Å². The smallest absolute Gasteiger partial charge is 0.307 e. The van der Waals surface area contributed by atoms with E-state index in [1.807, 2.05) is 0 Å². The molecule has 0 aliphatic carbocycles. The quantitative estimate of drug-likeness (QED) is 0.853. The minimum atomic E-state index is -0.576. The van der Waals surface area contributed by atoms with Gasteiger partial charge in [0.15, 0.2) is 0 Å². The van der Waals surface area contributed by atoms with E-state index in [1.165, 1.54) is 6.07 Å². The molecule has 1 aromatic rings. The molecule has 114 valence electrons. The molecular formula is C16H20FNO3. The van der Waals surface area contributed by atoms with Gasteiger partial charge in [-0.3, -0.25) is 9.59 Å². The van der Waals surface area contributed by atoms with Crippen LogP contribution in [0.3, 0.4) is 0 Å². The van der Waals surface area contributed by atoms with E-state index in [0.29, 0.717) is 12.8 Å². The van der Waals surface area contributed by atoms with E-state index in [2.05, 4.69) is 5.32 Å². The highest BCUT2D eigenvalue weighted by Crippen LogP contribution is 2.28. The summed E-state index contributed by atoms with van der Waals surface area (Å²) in [5, 5.41) is 2.59. The van der Waals surface area contributed by atoms with Crippen molar-refractivity contribution >= 4 is 17.6 Å². The summed E-state index contributed by atoms with van der Waals surface area (Å²) in [4.78, 5) is 24.0. The van der Waals surface area contributed by atoms with Crippen LogP contribution in [0.2, 0.25) is 0 Å².